The highest BCUT2D eigenvalue weighted by molar-refractivity contribution is 6.33. The molecule has 19 heavy (non-hydrogen) atoms. The van der Waals surface area contributed by atoms with Crippen LogP contribution in [0.4, 0.5) is 0 Å². The van der Waals surface area contributed by atoms with Crippen molar-refractivity contribution in [3.63, 3.8) is 0 Å². The van der Waals surface area contributed by atoms with Gasteiger partial charge in [0.05, 0.1) is 19.2 Å². The monoisotopic (exact) mass is 287 g/mol. The van der Waals surface area contributed by atoms with E-state index < -0.39 is 0 Å². The molecular weight excluding hydrogens is 266 g/mol. The zero-order valence-electron chi connectivity index (χ0n) is 11.9. The van der Waals surface area contributed by atoms with Crippen LogP contribution in [0, 0.1) is 5.92 Å². The lowest BCUT2D eigenvalue weighted by molar-refractivity contribution is 0.207. The summed E-state index contributed by atoms with van der Waals surface area (Å²) in [6.45, 7) is 4.81. The first-order valence-corrected chi connectivity index (χ1v) is 6.66. The summed E-state index contributed by atoms with van der Waals surface area (Å²) in [5.41, 5.74) is 0.941. The summed E-state index contributed by atoms with van der Waals surface area (Å²) >= 11 is 6.30. The Bertz CT molecular complexity index is 412. The minimum Gasteiger partial charge on any atom is -0.493 e. The topological polar surface area (TPSA) is 50.7 Å². The summed E-state index contributed by atoms with van der Waals surface area (Å²) in [5.74, 6) is 1.36. The Balaban J connectivity index is 2.80. The van der Waals surface area contributed by atoms with E-state index in [0.29, 0.717) is 23.1 Å². The minimum absolute atomic E-state index is 0.161. The van der Waals surface area contributed by atoms with Crippen molar-refractivity contribution < 1.29 is 14.6 Å². The SMILES string of the molecule is COc1ccc(CNC(C)C(C)CO)c(Cl)c1OC. The van der Waals surface area contributed by atoms with Crippen molar-refractivity contribution in [1.82, 2.24) is 5.32 Å². The van der Waals surface area contributed by atoms with Gasteiger partial charge in [0.25, 0.3) is 0 Å². The third kappa shape index (κ3) is 4.00. The lowest BCUT2D eigenvalue weighted by Crippen LogP contribution is -2.33. The average molecular weight is 288 g/mol. The molecule has 5 heteroatoms. The van der Waals surface area contributed by atoms with Crippen molar-refractivity contribution >= 4 is 11.6 Å². The second-order valence-corrected chi connectivity index (χ2v) is 4.98. The Labute approximate surface area is 119 Å². The Morgan fingerprint density at radius 2 is 1.95 bits per heavy atom. The molecule has 0 aliphatic carbocycles. The van der Waals surface area contributed by atoms with Crippen LogP contribution in [0.1, 0.15) is 19.4 Å². The summed E-state index contributed by atoms with van der Waals surface area (Å²) in [5, 5.41) is 13.0. The summed E-state index contributed by atoms with van der Waals surface area (Å²) in [6.07, 6.45) is 0. The van der Waals surface area contributed by atoms with Crippen molar-refractivity contribution in [2.75, 3.05) is 20.8 Å². The Hall–Kier alpha value is -0.970. The first-order chi connectivity index (χ1) is 9.04. The van der Waals surface area contributed by atoms with Crippen LogP contribution in [-0.4, -0.2) is 32.0 Å². The summed E-state index contributed by atoms with van der Waals surface area (Å²) in [4.78, 5) is 0. The van der Waals surface area contributed by atoms with Gasteiger partial charge in [0.15, 0.2) is 11.5 Å². The highest BCUT2D eigenvalue weighted by Gasteiger charge is 2.15. The smallest absolute Gasteiger partial charge is 0.179 e. The fraction of sp³-hybridized carbons (Fsp3) is 0.571. The van der Waals surface area contributed by atoms with Crippen molar-refractivity contribution in [3.05, 3.63) is 22.7 Å². The van der Waals surface area contributed by atoms with Gasteiger partial charge in [-0.3, -0.25) is 0 Å². The third-order valence-corrected chi connectivity index (χ3v) is 3.74. The van der Waals surface area contributed by atoms with E-state index >= 15 is 0 Å². The van der Waals surface area contributed by atoms with E-state index in [0.717, 1.165) is 5.56 Å². The number of hydrogen-bond donors (Lipinski definition) is 2. The van der Waals surface area contributed by atoms with Gasteiger partial charge in [0.2, 0.25) is 0 Å². The molecule has 1 aromatic carbocycles. The molecule has 0 radical (unpaired) electrons. The average Bonchev–Trinajstić information content (AvgIpc) is 2.44. The van der Waals surface area contributed by atoms with Gasteiger partial charge in [0.1, 0.15) is 0 Å². The van der Waals surface area contributed by atoms with Gasteiger partial charge in [-0.2, -0.15) is 0 Å². The van der Waals surface area contributed by atoms with Crippen LogP contribution in [0.5, 0.6) is 11.5 Å². The first-order valence-electron chi connectivity index (χ1n) is 6.28. The molecule has 4 nitrogen and oxygen atoms in total. The quantitative estimate of drug-likeness (QED) is 0.809. The van der Waals surface area contributed by atoms with E-state index in [4.69, 9.17) is 26.2 Å². The van der Waals surface area contributed by atoms with Crippen LogP contribution < -0.4 is 14.8 Å². The number of aliphatic hydroxyl groups is 1. The van der Waals surface area contributed by atoms with E-state index in [1.54, 1.807) is 14.2 Å². The molecule has 0 aromatic heterocycles. The van der Waals surface area contributed by atoms with Gasteiger partial charge >= 0.3 is 0 Å². The van der Waals surface area contributed by atoms with E-state index in [-0.39, 0.29) is 18.6 Å². The second-order valence-electron chi connectivity index (χ2n) is 4.60. The standard InChI is InChI=1S/C14H22ClNO3/c1-9(8-17)10(2)16-7-11-5-6-12(18-3)14(19-4)13(11)15/h5-6,9-10,16-17H,7-8H2,1-4H3. The Morgan fingerprint density at radius 3 is 2.47 bits per heavy atom. The molecule has 2 atom stereocenters. The molecule has 0 saturated carbocycles. The normalized spacial score (nSPS) is 14.0. The molecule has 0 aliphatic rings. The highest BCUT2D eigenvalue weighted by atomic mass is 35.5. The molecule has 0 aliphatic heterocycles. The highest BCUT2D eigenvalue weighted by Crippen LogP contribution is 2.37. The number of ether oxygens (including phenoxy) is 2. The lowest BCUT2D eigenvalue weighted by atomic mass is 10.0. The largest absolute Gasteiger partial charge is 0.493 e. The zero-order valence-corrected chi connectivity index (χ0v) is 12.6. The lowest BCUT2D eigenvalue weighted by Gasteiger charge is -2.20. The van der Waals surface area contributed by atoms with Crippen molar-refractivity contribution in [3.8, 4) is 11.5 Å². The van der Waals surface area contributed by atoms with Crippen molar-refractivity contribution in [2.45, 2.75) is 26.4 Å². The predicted molar refractivity (Wildman–Crippen MR) is 77.1 cm³/mol. The fourth-order valence-corrected chi connectivity index (χ4v) is 2.00. The summed E-state index contributed by atoms with van der Waals surface area (Å²) in [6, 6.07) is 3.95. The maximum Gasteiger partial charge on any atom is 0.179 e. The first kappa shape index (κ1) is 16.1. The molecule has 2 N–H and O–H groups in total. The van der Waals surface area contributed by atoms with Gasteiger partial charge in [0, 0.05) is 19.2 Å². The number of benzene rings is 1. The number of methoxy groups -OCH3 is 2. The van der Waals surface area contributed by atoms with E-state index in [1.807, 2.05) is 26.0 Å². The van der Waals surface area contributed by atoms with Crippen LogP contribution in [0.3, 0.4) is 0 Å². The van der Waals surface area contributed by atoms with Gasteiger partial charge in [-0.05, 0) is 24.5 Å². The van der Waals surface area contributed by atoms with Gasteiger partial charge in [-0.25, -0.2) is 0 Å². The molecule has 0 saturated heterocycles. The fourth-order valence-electron chi connectivity index (χ4n) is 1.70. The third-order valence-electron chi connectivity index (χ3n) is 3.32. The number of halogens is 1. The van der Waals surface area contributed by atoms with E-state index in [9.17, 15) is 0 Å². The van der Waals surface area contributed by atoms with Crippen LogP contribution in [0.15, 0.2) is 12.1 Å². The molecule has 0 heterocycles. The van der Waals surface area contributed by atoms with Crippen LogP contribution in [0.25, 0.3) is 0 Å². The summed E-state index contributed by atoms with van der Waals surface area (Å²) < 4.78 is 10.4. The van der Waals surface area contributed by atoms with Crippen molar-refractivity contribution in [2.24, 2.45) is 5.92 Å². The maximum absolute atomic E-state index is 9.10. The molecule has 0 fully saturated rings. The molecule has 1 rings (SSSR count). The molecule has 1 aromatic rings. The number of nitrogens with one attached hydrogen (secondary N) is 1. The van der Waals surface area contributed by atoms with E-state index in [2.05, 4.69) is 5.32 Å². The van der Waals surface area contributed by atoms with Crippen LogP contribution >= 0.6 is 11.6 Å². The van der Waals surface area contributed by atoms with Crippen molar-refractivity contribution in [1.29, 1.82) is 0 Å². The minimum atomic E-state index is 0.161. The van der Waals surface area contributed by atoms with Crippen LogP contribution in [0.2, 0.25) is 5.02 Å². The van der Waals surface area contributed by atoms with Gasteiger partial charge < -0.3 is 19.9 Å². The van der Waals surface area contributed by atoms with Crippen LogP contribution in [-0.2, 0) is 6.54 Å². The van der Waals surface area contributed by atoms with E-state index in [1.165, 1.54) is 0 Å². The molecule has 0 spiro atoms. The zero-order chi connectivity index (χ0) is 14.4. The predicted octanol–water partition coefficient (Wildman–Crippen LogP) is 2.46. The van der Waals surface area contributed by atoms with Gasteiger partial charge in [-0.1, -0.05) is 24.6 Å². The Kier molecular flexibility index (Phi) is 6.42. The number of rotatable bonds is 7. The molecular formula is C14H22ClNO3. The maximum atomic E-state index is 9.10. The number of hydrogen-bond acceptors (Lipinski definition) is 4. The molecule has 0 amide bonds. The number of aliphatic hydroxyl groups excluding tert-OH is 1. The molecule has 108 valence electrons. The Morgan fingerprint density at radius 1 is 1.26 bits per heavy atom. The second kappa shape index (κ2) is 7.58. The van der Waals surface area contributed by atoms with Gasteiger partial charge in [-0.15, -0.1) is 0 Å². The molecule has 2 unspecified atom stereocenters. The summed E-state index contributed by atoms with van der Waals surface area (Å²) in [7, 11) is 3.15. The molecule has 0 bridgehead atoms.